The molecule has 0 aliphatic rings. The Balaban J connectivity index is 1.73. The molecule has 0 aliphatic heterocycles. The van der Waals surface area contributed by atoms with Gasteiger partial charge in [0.05, 0.1) is 6.10 Å². The monoisotopic (exact) mass is 372 g/mol. The standard InChI is InChI=1S/C22H29FN2O2/c1-3-4-8-13-27-17(2)9-6-5-7-10-22-24-15-19(16-25-22)18-11-12-21(26)20(23)14-18/h7,10-12,14-17,26H,3-6,8-9,13H2,1-2H3. The molecule has 4 nitrogen and oxygen atoms in total. The summed E-state index contributed by atoms with van der Waals surface area (Å²) in [6, 6.07) is 4.24. The van der Waals surface area contributed by atoms with E-state index < -0.39 is 5.82 Å². The molecule has 1 atom stereocenters. The molecular formula is C22H29FN2O2. The molecule has 0 fully saturated rings. The van der Waals surface area contributed by atoms with Gasteiger partial charge in [-0.1, -0.05) is 31.9 Å². The minimum atomic E-state index is -0.653. The quantitative estimate of drug-likeness (QED) is 0.509. The van der Waals surface area contributed by atoms with E-state index in [4.69, 9.17) is 4.74 Å². The molecule has 0 saturated heterocycles. The van der Waals surface area contributed by atoms with Crippen LogP contribution in [0.25, 0.3) is 17.2 Å². The number of phenolic OH excluding ortho intramolecular Hbond substituents is 1. The summed E-state index contributed by atoms with van der Waals surface area (Å²) in [6.07, 6.45) is 14.2. The van der Waals surface area contributed by atoms with Gasteiger partial charge in [0.25, 0.3) is 0 Å². The second kappa shape index (κ2) is 11.4. The van der Waals surface area contributed by atoms with Crippen LogP contribution in [0.2, 0.25) is 0 Å². The summed E-state index contributed by atoms with van der Waals surface area (Å²) < 4.78 is 19.2. The third kappa shape index (κ3) is 7.47. The highest BCUT2D eigenvalue weighted by Gasteiger charge is 2.05. The number of nitrogens with zero attached hydrogens (tertiary/aromatic N) is 2. The Morgan fingerprint density at radius 2 is 1.93 bits per heavy atom. The largest absolute Gasteiger partial charge is 0.505 e. The van der Waals surface area contributed by atoms with Crippen LogP contribution in [0.15, 0.2) is 36.7 Å². The fourth-order valence-electron chi connectivity index (χ4n) is 2.69. The number of aromatic nitrogens is 2. The van der Waals surface area contributed by atoms with Crippen LogP contribution < -0.4 is 0 Å². The molecule has 5 heteroatoms. The highest BCUT2D eigenvalue weighted by Crippen LogP contribution is 2.23. The molecule has 0 saturated carbocycles. The van der Waals surface area contributed by atoms with Crippen LogP contribution in [0, 0.1) is 5.82 Å². The fraction of sp³-hybridized carbons (Fsp3) is 0.455. The van der Waals surface area contributed by atoms with Crippen molar-refractivity contribution >= 4 is 6.08 Å². The maximum absolute atomic E-state index is 13.4. The number of ether oxygens (including phenoxy) is 1. The van der Waals surface area contributed by atoms with Gasteiger partial charge in [0.2, 0.25) is 0 Å². The Bertz CT molecular complexity index is 717. The number of aromatic hydroxyl groups is 1. The second-order valence-corrected chi connectivity index (χ2v) is 6.72. The average Bonchev–Trinajstić information content (AvgIpc) is 2.68. The summed E-state index contributed by atoms with van der Waals surface area (Å²) in [4.78, 5) is 8.58. The van der Waals surface area contributed by atoms with Crippen LogP contribution in [-0.2, 0) is 4.74 Å². The van der Waals surface area contributed by atoms with E-state index in [0.717, 1.165) is 32.3 Å². The van der Waals surface area contributed by atoms with Crippen molar-refractivity contribution in [3.05, 3.63) is 48.3 Å². The molecule has 0 amide bonds. The third-order valence-corrected chi connectivity index (χ3v) is 4.35. The molecule has 1 aromatic heterocycles. The van der Waals surface area contributed by atoms with Crippen molar-refractivity contribution in [2.75, 3.05) is 6.61 Å². The number of phenols is 1. The Kier molecular flexibility index (Phi) is 8.92. The average molecular weight is 372 g/mol. The van der Waals surface area contributed by atoms with E-state index in [1.54, 1.807) is 18.5 Å². The minimum absolute atomic E-state index is 0.302. The molecule has 2 rings (SSSR count). The van der Waals surface area contributed by atoms with Gasteiger partial charge in [-0.3, -0.25) is 0 Å². The lowest BCUT2D eigenvalue weighted by molar-refractivity contribution is 0.0566. The number of allylic oxidation sites excluding steroid dienone is 1. The summed E-state index contributed by atoms with van der Waals surface area (Å²) >= 11 is 0. The van der Waals surface area contributed by atoms with Crippen LogP contribution in [0.4, 0.5) is 4.39 Å². The van der Waals surface area contributed by atoms with Crippen molar-refractivity contribution in [1.82, 2.24) is 9.97 Å². The van der Waals surface area contributed by atoms with Gasteiger partial charge in [0.15, 0.2) is 17.4 Å². The van der Waals surface area contributed by atoms with Crippen molar-refractivity contribution in [1.29, 1.82) is 0 Å². The maximum atomic E-state index is 13.4. The first-order valence-electron chi connectivity index (χ1n) is 9.69. The van der Waals surface area contributed by atoms with Gasteiger partial charge in [-0.25, -0.2) is 14.4 Å². The van der Waals surface area contributed by atoms with E-state index in [-0.39, 0.29) is 5.75 Å². The number of hydrogen-bond acceptors (Lipinski definition) is 4. The highest BCUT2D eigenvalue weighted by molar-refractivity contribution is 5.63. The Labute approximate surface area is 161 Å². The van der Waals surface area contributed by atoms with Gasteiger partial charge in [-0.05, 0) is 56.4 Å². The summed E-state index contributed by atoms with van der Waals surface area (Å²) in [7, 11) is 0. The summed E-state index contributed by atoms with van der Waals surface area (Å²) in [5.41, 5.74) is 1.34. The number of rotatable bonds is 11. The second-order valence-electron chi connectivity index (χ2n) is 6.72. The zero-order valence-electron chi connectivity index (χ0n) is 16.2. The molecule has 0 spiro atoms. The van der Waals surface area contributed by atoms with Gasteiger partial charge < -0.3 is 9.84 Å². The highest BCUT2D eigenvalue weighted by atomic mass is 19.1. The van der Waals surface area contributed by atoms with Crippen LogP contribution in [0.5, 0.6) is 5.75 Å². The van der Waals surface area contributed by atoms with Crippen LogP contribution >= 0.6 is 0 Å². The lowest BCUT2D eigenvalue weighted by atomic mass is 10.1. The molecule has 27 heavy (non-hydrogen) atoms. The molecule has 2 aromatic rings. The van der Waals surface area contributed by atoms with E-state index in [0.29, 0.717) is 23.1 Å². The lowest BCUT2D eigenvalue weighted by Crippen LogP contribution is -2.08. The topological polar surface area (TPSA) is 55.2 Å². The Morgan fingerprint density at radius 3 is 2.63 bits per heavy atom. The molecule has 1 heterocycles. The first-order chi connectivity index (χ1) is 13.1. The van der Waals surface area contributed by atoms with E-state index in [1.807, 2.05) is 6.08 Å². The third-order valence-electron chi connectivity index (χ3n) is 4.35. The zero-order chi connectivity index (χ0) is 19.5. The maximum Gasteiger partial charge on any atom is 0.165 e. The van der Waals surface area contributed by atoms with Crippen LogP contribution in [-0.4, -0.2) is 27.8 Å². The van der Waals surface area contributed by atoms with E-state index in [9.17, 15) is 9.50 Å². The van der Waals surface area contributed by atoms with Gasteiger partial charge in [0.1, 0.15) is 0 Å². The minimum Gasteiger partial charge on any atom is -0.505 e. The van der Waals surface area contributed by atoms with Crippen molar-refractivity contribution in [3.8, 4) is 16.9 Å². The van der Waals surface area contributed by atoms with E-state index in [1.165, 1.54) is 25.0 Å². The molecule has 1 aromatic carbocycles. The SMILES string of the molecule is CCCCCOC(C)CCCC=Cc1ncc(-c2ccc(O)c(F)c2)cn1. The Hall–Kier alpha value is -2.27. The summed E-state index contributed by atoms with van der Waals surface area (Å²) in [6.45, 7) is 5.18. The number of unbranched alkanes of at least 4 members (excludes halogenated alkanes) is 3. The summed E-state index contributed by atoms with van der Waals surface area (Å²) in [5, 5.41) is 9.25. The fourth-order valence-corrected chi connectivity index (χ4v) is 2.69. The predicted molar refractivity (Wildman–Crippen MR) is 107 cm³/mol. The van der Waals surface area contributed by atoms with Crippen LogP contribution in [0.3, 0.4) is 0 Å². The van der Waals surface area contributed by atoms with Crippen molar-refractivity contribution in [2.45, 2.75) is 58.5 Å². The van der Waals surface area contributed by atoms with E-state index >= 15 is 0 Å². The molecule has 0 bridgehead atoms. The number of halogens is 1. The van der Waals surface area contributed by atoms with Crippen molar-refractivity contribution < 1.29 is 14.2 Å². The van der Waals surface area contributed by atoms with Crippen LogP contribution in [0.1, 0.15) is 58.2 Å². The molecule has 146 valence electrons. The lowest BCUT2D eigenvalue weighted by Gasteiger charge is -2.11. The molecule has 0 radical (unpaired) electrons. The molecule has 1 unspecified atom stereocenters. The summed E-state index contributed by atoms with van der Waals surface area (Å²) in [5.74, 6) is -0.387. The smallest absolute Gasteiger partial charge is 0.165 e. The zero-order valence-corrected chi connectivity index (χ0v) is 16.2. The van der Waals surface area contributed by atoms with Gasteiger partial charge >= 0.3 is 0 Å². The van der Waals surface area contributed by atoms with Crippen molar-refractivity contribution in [3.63, 3.8) is 0 Å². The van der Waals surface area contributed by atoms with Gasteiger partial charge in [0, 0.05) is 24.6 Å². The van der Waals surface area contributed by atoms with Gasteiger partial charge in [-0.15, -0.1) is 0 Å². The molecular weight excluding hydrogens is 343 g/mol. The molecule has 0 aliphatic carbocycles. The molecule has 1 N–H and O–H groups in total. The normalized spacial score (nSPS) is 12.6. The first-order valence-corrected chi connectivity index (χ1v) is 9.69. The predicted octanol–water partition coefficient (Wildman–Crippen LogP) is 5.77. The first kappa shape index (κ1) is 21.0. The Morgan fingerprint density at radius 1 is 1.15 bits per heavy atom. The van der Waals surface area contributed by atoms with E-state index in [2.05, 4.69) is 29.9 Å². The number of benzene rings is 1. The van der Waals surface area contributed by atoms with Gasteiger partial charge in [-0.2, -0.15) is 0 Å². The number of hydrogen-bond donors (Lipinski definition) is 1. The van der Waals surface area contributed by atoms with Crippen molar-refractivity contribution in [2.24, 2.45) is 0 Å².